The monoisotopic (exact) mass is 984 g/mol. The molecule has 354 valence electrons. The van der Waals surface area contributed by atoms with Crippen molar-refractivity contribution < 1.29 is 71.3 Å². The first-order chi connectivity index (χ1) is 34.2. The maximum atomic E-state index is 8.49. The van der Waals surface area contributed by atoms with Crippen molar-refractivity contribution in [3.63, 3.8) is 0 Å². The average molecular weight is 986 g/mol. The van der Waals surface area contributed by atoms with Crippen LogP contribution < -0.4 is 37.3 Å². The van der Waals surface area contributed by atoms with Gasteiger partial charge in [-0.25, -0.2) is 46.1 Å². The molecule has 0 fully saturated rings. The van der Waals surface area contributed by atoms with E-state index in [0.717, 1.165) is 90.2 Å². The first-order valence-corrected chi connectivity index (χ1v) is 24.1. The summed E-state index contributed by atoms with van der Waals surface area (Å²) >= 11 is 0. The van der Waals surface area contributed by atoms with Crippen LogP contribution in [0, 0.1) is 20.5 Å². The molecule has 0 N–H and O–H groups in total. The minimum atomic E-state index is -4.94. The van der Waals surface area contributed by atoms with E-state index >= 15 is 0 Å². The maximum absolute atomic E-state index is 8.49. The van der Waals surface area contributed by atoms with E-state index in [1.165, 1.54) is 0 Å². The van der Waals surface area contributed by atoms with Crippen molar-refractivity contribution in [2.45, 2.75) is 0 Å². The zero-order valence-corrected chi connectivity index (χ0v) is 39.0. The molecular formula is C58H42Cl2O11. The summed E-state index contributed by atoms with van der Waals surface area (Å²) in [5, 5.41) is 0. The molecule has 2 aromatic heterocycles. The highest BCUT2D eigenvalue weighted by molar-refractivity contribution is 5.78. The van der Waals surface area contributed by atoms with E-state index < -0.39 is 20.5 Å². The molecule has 0 atom stereocenters. The summed E-state index contributed by atoms with van der Waals surface area (Å²) in [6.45, 7) is 0. The lowest BCUT2D eigenvalue weighted by molar-refractivity contribution is -2.00. The molecule has 1 aliphatic rings. The van der Waals surface area contributed by atoms with Gasteiger partial charge in [0.05, 0.1) is 46.5 Å². The summed E-state index contributed by atoms with van der Waals surface area (Å²) < 4.78 is 87.5. The molecule has 8 aromatic rings. The maximum Gasteiger partial charge on any atom is 0.361 e. The number of ether oxygens (including phenoxy) is 1. The Bertz CT molecular complexity index is 2830. The molecule has 0 unspecified atom stereocenters. The van der Waals surface area contributed by atoms with Gasteiger partial charge < -0.3 is 4.74 Å². The average Bonchev–Trinajstić information content (AvgIpc) is 3.39. The van der Waals surface area contributed by atoms with Crippen LogP contribution in [0.3, 0.4) is 0 Å². The Labute approximate surface area is 414 Å². The van der Waals surface area contributed by atoms with Crippen molar-refractivity contribution in [3.8, 4) is 45.3 Å². The number of benzene rings is 6. The van der Waals surface area contributed by atoms with Gasteiger partial charge in [0.2, 0.25) is 0 Å². The van der Waals surface area contributed by atoms with Crippen molar-refractivity contribution in [1.29, 1.82) is 0 Å². The Hall–Kier alpha value is -7.88. The Morgan fingerprint density at radius 2 is 0.620 bits per heavy atom. The third-order valence-corrected chi connectivity index (χ3v) is 10.2. The Morgan fingerprint density at radius 3 is 0.887 bits per heavy atom. The van der Waals surface area contributed by atoms with E-state index in [1.54, 1.807) is 0 Å². The molecule has 0 aliphatic carbocycles. The Balaban J connectivity index is 0.000000676. The van der Waals surface area contributed by atoms with Gasteiger partial charge in [0.15, 0.2) is 0 Å². The molecule has 11 nitrogen and oxygen atoms in total. The second kappa shape index (κ2) is 24.6. The second-order valence-corrected chi connectivity index (χ2v) is 16.8. The first-order valence-electron chi connectivity index (χ1n) is 21.6. The molecule has 0 saturated heterocycles. The van der Waals surface area contributed by atoms with E-state index in [-0.39, 0.29) is 0 Å². The van der Waals surface area contributed by atoms with Crippen LogP contribution in [0.25, 0.3) is 69.0 Å². The topological polar surface area (TPSA) is 216 Å². The van der Waals surface area contributed by atoms with Crippen LogP contribution in [0.1, 0.15) is 22.3 Å². The molecule has 13 heteroatoms. The number of hydrogen-bond donors (Lipinski definition) is 0. The largest absolute Gasteiger partial charge is 0.456 e. The lowest BCUT2D eigenvalue weighted by atomic mass is 10.0. The van der Waals surface area contributed by atoms with Crippen molar-refractivity contribution in [3.05, 3.63) is 276 Å². The fourth-order valence-corrected chi connectivity index (χ4v) is 7.07. The van der Waals surface area contributed by atoms with E-state index in [9.17, 15) is 0 Å². The number of rotatable bonds is 11. The highest BCUT2D eigenvalue weighted by Gasteiger charge is 2.21. The highest BCUT2D eigenvalue weighted by Crippen LogP contribution is 2.34. The predicted octanol–water partition coefficient (Wildman–Crippen LogP) is 6.28. The van der Waals surface area contributed by atoms with Gasteiger partial charge >= 0.3 is 23.0 Å². The molecule has 3 heterocycles. The smallest absolute Gasteiger partial charge is 0.361 e. The van der Waals surface area contributed by atoms with Gasteiger partial charge in [0.1, 0.15) is 11.5 Å². The molecular weight excluding hydrogens is 944 g/mol. The lowest BCUT2D eigenvalue weighted by Gasteiger charge is -2.19. The van der Waals surface area contributed by atoms with Gasteiger partial charge in [-0.15, -0.1) is 20.5 Å². The van der Waals surface area contributed by atoms with Crippen LogP contribution in [-0.4, -0.2) is 0 Å². The molecule has 71 heavy (non-hydrogen) atoms. The van der Waals surface area contributed by atoms with Crippen LogP contribution in [0.5, 0.6) is 0 Å². The SMILES string of the molecule is C(C=C(/C=C/c1cc(-c2ccccc2)[o+]c(-c2ccccc2)c1)/C=C/c1cc(-c2ccccc2)[o+]c(-c2ccccc2)c1)=C1C=C(c2ccccc2)OC(c2ccccc2)=C1.[O-][Cl+3]([O-])([O-])[O-].[O-][Cl+3]([O-])([O-])[O-]. The summed E-state index contributed by atoms with van der Waals surface area (Å²) in [7, 11) is -9.89. The van der Waals surface area contributed by atoms with Crippen molar-refractivity contribution >= 4 is 23.7 Å². The minimum Gasteiger partial charge on any atom is -0.456 e. The van der Waals surface area contributed by atoms with E-state index in [1.807, 2.05) is 109 Å². The van der Waals surface area contributed by atoms with Crippen LogP contribution in [0.4, 0.5) is 0 Å². The number of hydrogen-bond acceptors (Lipinski definition) is 9. The van der Waals surface area contributed by atoms with Crippen molar-refractivity contribution in [1.82, 2.24) is 0 Å². The van der Waals surface area contributed by atoms with Crippen LogP contribution >= 0.6 is 0 Å². The molecule has 9 rings (SSSR count). The van der Waals surface area contributed by atoms with Crippen LogP contribution in [0.2, 0.25) is 0 Å². The fourth-order valence-electron chi connectivity index (χ4n) is 7.07. The summed E-state index contributed by atoms with van der Waals surface area (Å²) in [4.78, 5) is 0. The van der Waals surface area contributed by atoms with Gasteiger partial charge in [0.25, 0.3) is 0 Å². The van der Waals surface area contributed by atoms with E-state index in [4.69, 9.17) is 50.8 Å². The van der Waals surface area contributed by atoms with Gasteiger partial charge in [-0.1, -0.05) is 170 Å². The molecule has 0 amide bonds. The van der Waals surface area contributed by atoms with E-state index in [0.29, 0.717) is 0 Å². The number of allylic oxidation sites excluding steroid dienone is 8. The van der Waals surface area contributed by atoms with Crippen LogP contribution in [-0.2, 0) is 4.74 Å². The highest BCUT2D eigenvalue weighted by atomic mass is 35.7. The summed E-state index contributed by atoms with van der Waals surface area (Å²) in [6, 6.07) is 69.7. The molecule has 0 spiro atoms. The summed E-state index contributed by atoms with van der Waals surface area (Å²) in [5.74, 6) is 4.74. The van der Waals surface area contributed by atoms with Gasteiger partial charge in [0, 0.05) is 11.1 Å². The number of halogens is 2. The third kappa shape index (κ3) is 16.9. The summed E-state index contributed by atoms with van der Waals surface area (Å²) in [5.41, 5.74) is 10.1. The second-order valence-electron chi connectivity index (χ2n) is 15.3. The molecule has 0 radical (unpaired) electrons. The summed E-state index contributed by atoms with van der Waals surface area (Å²) in [6.07, 6.45) is 17.1. The molecule has 0 bridgehead atoms. The van der Waals surface area contributed by atoms with Gasteiger partial charge in [-0.2, -0.15) is 0 Å². The zero-order valence-electron chi connectivity index (χ0n) is 37.5. The third-order valence-electron chi connectivity index (χ3n) is 10.2. The van der Waals surface area contributed by atoms with Crippen molar-refractivity contribution in [2.24, 2.45) is 0 Å². The lowest BCUT2D eigenvalue weighted by Crippen LogP contribution is -2.68. The molecule has 0 saturated carbocycles. The van der Waals surface area contributed by atoms with E-state index in [2.05, 4.69) is 146 Å². The Morgan fingerprint density at radius 1 is 0.366 bits per heavy atom. The zero-order chi connectivity index (χ0) is 50.1. The van der Waals surface area contributed by atoms with Gasteiger partial charge in [-0.05, 0) is 83.0 Å². The quantitative estimate of drug-likeness (QED) is 0.104. The minimum absolute atomic E-state index is 0.791. The normalized spacial score (nSPS) is 12.4. The van der Waals surface area contributed by atoms with Crippen molar-refractivity contribution in [2.75, 3.05) is 0 Å². The standard InChI is InChI=1S/C58H42O3.2ClHO4/c1-7-19-47(20-8-1)53-37-44(38-54(59-53)48-21-9-2-10-22-48)34-31-43(32-35-45-39-55(49-23-11-3-12-24-49)60-56(40-45)50-25-13-4-14-26-50)33-36-46-41-57(51-27-15-5-16-28-51)61-58(42-46)52-29-17-6-18-30-52;2*2-1(3,4)5/h1-42H;2*(H,2,3,4,5)/q+2;;/p-2. The molecule has 6 aromatic carbocycles. The Kier molecular flexibility index (Phi) is 17.7. The van der Waals surface area contributed by atoms with Crippen LogP contribution in [0.15, 0.2) is 263 Å². The fraction of sp³-hybridized carbons (Fsp3) is 0. The van der Waals surface area contributed by atoms with Gasteiger partial charge in [-0.3, -0.25) is 0 Å². The first kappa shape index (κ1) is 51.0. The predicted molar refractivity (Wildman–Crippen MR) is 252 cm³/mol. The molecule has 1 aliphatic heterocycles.